The molecule has 4 aromatic carbocycles. The van der Waals surface area contributed by atoms with Crippen LogP contribution in [-0.4, -0.2) is 22.1 Å². The van der Waals surface area contributed by atoms with E-state index in [0.29, 0.717) is 0 Å². The third kappa shape index (κ3) is 4.89. The average Bonchev–Trinajstić information content (AvgIpc) is 2.74. The van der Waals surface area contributed by atoms with Gasteiger partial charge in [0.15, 0.2) is 0 Å². The molecule has 0 amide bonds. The standard InChI is InChI=1S/C24H23P.HO3P/c1-3-25(4-2)23-17-16-19-11-6-8-14-21(19)24(23)22-15-9-12-18-10-5-7-13-20(18)22;1-4(2)3/h5-17H,3-4H2,1-2H3;(H-,1,2,3)/p+1. The summed E-state index contributed by atoms with van der Waals surface area (Å²) in [7, 11) is -2.99. The van der Waals surface area contributed by atoms with Crippen LogP contribution in [-0.2, 0) is 4.57 Å². The van der Waals surface area contributed by atoms with Crippen LogP contribution in [0.2, 0.25) is 0 Å². The lowest BCUT2D eigenvalue weighted by Crippen LogP contribution is -2.09. The van der Waals surface area contributed by atoms with Gasteiger partial charge in [-0.15, -0.1) is 9.79 Å². The van der Waals surface area contributed by atoms with Crippen molar-refractivity contribution in [2.24, 2.45) is 0 Å². The Bertz CT molecular complexity index is 1130. The molecule has 0 aliphatic rings. The Kier molecular flexibility index (Phi) is 7.47. The van der Waals surface area contributed by atoms with E-state index in [-0.39, 0.29) is 7.92 Å². The van der Waals surface area contributed by atoms with Crippen molar-refractivity contribution in [3.05, 3.63) is 78.9 Å². The van der Waals surface area contributed by atoms with Gasteiger partial charge in [-0.3, -0.25) is 0 Å². The Balaban J connectivity index is 0.000000552. The fourth-order valence-electron chi connectivity index (χ4n) is 3.81. The van der Waals surface area contributed by atoms with Gasteiger partial charge in [-0.2, -0.15) is 0 Å². The topological polar surface area (TPSA) is 57.5 Å². The van der Waals surface area contributed by atoms with Gasteiger partial charge in [0.1, 0.15) is 0 Å². The molecule has 2 N–H and O–H groups in total. The van der Waals surface area contributed by atoms with Crippen molar-refractivity contribution in [3.8, 4) is 11.1 Å². The molecule has 0 spiro atoms. The Hall–Kier alpha value is -2.15. The van der Waals surface area contributed by atoms with Crippen molar-refractivity contribution in [2.75, 3.05) is 12.3 Å². The van der Waals surface area contributed by atoms with Gasteiger partial charge in [-0.1, -0.05) is 101 Å². The van der Waals surface area contributed by atoms with E-state index < -0.39 is 8.25 Å². The van der Waals surface area contributed by atoms with E-state index in [2.05, 4.69) is 92.7 Å². The molecule has 0 heterocycles. The van der Waals surface area contributed by atoms with Gasteiger partial charge in [0.2, 0.25) is 0 Å². The fraction of sp³-hybridized carbons (Fsp3) is 0.167. The molecule has 0 fully saturated rings. The van der Waals surface area contributed by atoms with Crippen LogP contribution in [0.1, 0.15) is 13.8 Å². The molecular weight excluding hydrogens is 398 g/mol. The van der Waals surface area contributed by atoms with E-state index in [1.165, 1.54) is 45.0 Å². The molecule has 5 heteroatoms. The van der Waals surface area contributed by atoms with E-state index in [4.69, 9.17) is 14.4 Å². The minimum atomic E-state index is -2.87. The first kappa shape index (κ1) is 21.6. The number of fused-ring (bicyclic) bond motifs is 2. The van der Waals surface area contributed by atoms with Crippen LogP contribution in [0.3, 0.4) is 0 Å². The summed E-state index contributed by atoms with van der Waals surface area (Å²) in [5.41, 5.74) is 2.82. The lowest BCUT2D eigenvalue weighted by Gasteiger charge is -2.21. The van der Waals surface area contributed by atoms with Gasteiger partial charge in [0.25, 0.3) is 0 Å². The molecule has 148 valence electrons. The number of hydrogen-bond acceptors (Lipinski definition) is 1. The van der Waals surface area contributed by atoms with E-state index in [0.717, 1.165) is 0 Å². The van der Waals surface area contributed by atoms with Gasteiger partial charge >= 0.3 is 8.25 Å². The molecule has 0 aliphatic carbocycles. The molecule has 3 nitrogen and oxygen atoms in total. The molecule has 4 rings (SSSR count). The number of benzene rings is 4. The highest BCUT2D eigenvalue weighted by molar-refractivity contribution is 7.65. The van der Waals surface area contributed by atoms with Crippen LogP contribution in [0.25, 0.3) is 32.7 Å². The van der Waals surface area contributed by atoms with Gasteiger partial charge in [-0.05, 0) is 50.3 Å². The highest BCUT2D eigenvalue weighted by Crippen LogP contribution is 2.42. The van der Waals surface area contributed by atoms with Crippen LogP contribution in [0, 0.1) is 0 Å². The number of rotatable bonds is 4. The minimum absolute atomic E-state index is 0.124. The molecular formula is C24H25O3P2+. The maximum absolute atomic E-state index is 8.70. The van der Waals surface area contributed by atoms with Crippen molar-refractivity contribution < 1.29 is 14.4 Å². The zero-order valence-electron chi connectivity index (χ0n) is 16.6. The van der Waals surface area contributed by atoms with Crippen molar-refractivity contribution >= 4 is 43.0 Å². The number of hydrogen-bond donors (Lipinski definition) is 2. The van der Waals surface area contributed by atoms with E-state index in [1.807, 2.05) is 0 Å². The predicted octanol–water partition coefficient (Wildman–Crippen LogP) is 6.44. The third-order valence-corrected chi connectivity index (χ3v) is 7.65. The smallest absolute Gasteiger partial charge is 0.134 e. The first-order valence-electron chi connectivity index (χ1n) is 9.66. The van der Waals surface area contributed by atoms with E-state index in [9.17, 15) is 0 Å². The Morgan fingerprint density at radius 2 is 1.24 bits per heavy atom. The average molecular weight is 423 g/mol. The summed E-state index contributed by atoms with van der Waals surface area (Å²) >= 11 is 0. The summed E-state index contributed by atoms with van der Waals surface area (Å²) in [5, 5.41) is 6.93. The van der Waals surface area contributed by atoms with Crippen molar-refractivity contribution in [1.82, 2.24) is 0 Å². The Labute approximate surface area is 173 Å². The molecule has 29 heavy (non-hydrogen) atoms. The summed E-state index contributed by atoms with van der Waals surface area (Å²) in [4.78, 5) is 14.2. The minimum Gasteiger partial charge on any atom is -0.134 e. The molecule has 4 aromatic rings. The van der Waals surface area contributed by atoms with Crippen LogP contribution in [0.4, 0.5) is 0 Å². The molecule has 0 aromatic heterocycles. The lowest BCUT2D eigenvalue weighted by atomic mass is 9.94. The highest BCUT2D eigenvalue weighted by Gasteiger charge is 2.17. The maximum Gasteiger partial charge on any atom is 0.692 e. The van der Waals surface area contributed by atoms with E-state index in [1.54, 1.807) is 5.30 Å². The van der Waals surface area contributed by atoms with Crippen molar-refractivity contribution in [2.45, 2.75) is 13.8 Å². The fourth-order valence-corrected chi connectivity index (χ4v) is 5.79. The molecule has 0 unspecified atom stereocenters. The molecule has 0 saturated heterocycles. The van der Waals surface area contributed by atoms with Gasteiger partial charge in [-0.25, -0.2) is 0 Å². The van der Waals surface area contributed by atoms with Crippen LogP contribution >= 0.6 is 16.2 Å². The maximum atomic E-state index is 8.70. The van der Waals surface area contributed by atoms with Crippen LogP contribution in [0.5, 0.6) is 0 Å². The largest absolute Gasteiger partial charge is 0.692 e. The second kappa shape index (κ2) is 10.1. The molecule has 0 bridgehead atoms. The summed E-state index contributed by atoms with van der Waals surface area (Å²) in [6.45, 7) is 4.66. The Morgan fingerprint density at radius 1 is 0.724 bits per heavy atom. The summed E-state index contributed by atoms with van der Waals surface area (Å²) in [6.07, 6.45) is 2.48. The lowest BCUT2D eigenvalue weighted by molar-refractivity contribution is 0.405. The highest BCUT2D eigenvalue weighted by atomic mass is 31.1. The molecule has 0 saturated carbocycles. The predicted molar refractivity (Wildman–Crippen MR) is 127 cm³/mol. The monoisotopic (exact) mass is 423 g/mol. The first-order valence-corrected chi connectivity index (χ1v) is 12.5. The van der Waals surface area contributed by atoms with Gasteiger partial charge in [0, 0.05) is 4.57 Å². The van der Waals surface area contributed by atoms with Crippen molar-refractivity contribution in [3.63, 3.8) is 0 Å². The zero-order valence-corrected chi connectivity index (χ0v) is 18.4. The van der Waals surface area contributed by atoms with Gasteiger partial charge in [0.05, 0.1) is 0 Å². The molecule has 0 aliphatic heterocycles. The normalized spacial score (nSPS) is 10.8. The van der Waals surface area contributed by atoms with E-state index >= 15 is 0 Å². The zero-order chi connectivity index (χ0) is 20.8. The van der Waals surface area contributed by atoms with Crippen molar-refractivity contribution in [1.29, 1.82) is 0 Å². The van der Waals surface area contributed by atoms with Crippen LogP contribution < -0.4 is 5.30 Å². The summed E-state index contributed by atoms with van der Waals surface area (Å²) in [5.74, 6) is 0. The quantitative estimate of drug-likeness (QED) is 0.372. The third-order valence-electron chi connectivity index (χ3n) is 5.07. The first-order chi connectivity index (χ1) is 14.1. The molecule has 0 atom stereocenters. The molecule has 0 radical (unpaired) electrons. The summed E-state index contributed by atoms with van der Waals surface area (Å²) in [6, 6.07) is 29.0. The second-order valence-corrected chi connectivity index (χ2v) is 9.96. The Morgan fingerprint density at radius 3 is 1.86 bits per heavy atom. The van der Waals surface area contributed by atoms with Crippen LogP contribution in [0.15, 0.2) is 78.9 Å². The van der Waals surface area contributed by atoms with Gasteiger partial charge < -0.3 is 0 Å². The second-order valence-electron chi connectivity index (χ2n) is 6.63. The SMILES string of the molecule is CCP(CC)c1ccc2ccccc2c1-c1cccc2ccccc12.O=[P+](O)O. The summed E-state index contributed by atoms with van der Waals surface area (Å²) < 4.78 is 8.70.